The maximum atomic E-state index is 2.57. The molecule has 594 valence electrons. The van der Waals surface area contributed by atoms with Crippen LogP contribution in [-0.2, 0) is 21.7 Å². The van der Waals surface area contributed by atoms with Gasteiger partial charge in [0.1, 0.15) is 0 Å². The van der Waals surface area contributed by atoms with E-state index < -0.39 is 21.7 Å². The lowest BCUT2D eigenvalue weighted by Gasteiger charge is -2.48. The van der Waals surface area contributed by atoms with Crippen molar-refractivity contribution in [3.8, 4) is 61.6 Å². The van der Waals surface area contributed by atoms with Crippen LogP contribution in [0.25, 0.3) is 127 Å². The summed E-state index contributed by atoms with van der Waals surface area (Å²) in [5, 5.41) is 7.52. The molecule has 0 saturated heterocycles. The molecule has 4 nitrogen and oxygen atoms in total. The third kappa shape index (κ3) is 8.97. The van der Waals surface area contributed by atoms with Crippen LogP contribution >= 0.6 is 0 Å². The zero-order valence-electron chi connectivity index (χ0n) is 69.8. The Morgan fingerprint density at radius 2 is 0.398 bits per heavy atom. The molecule has 128 heavy (non-hydrogen) atoms. The van der Waals surface area contributed by atoms with Crippen LogP contribution in [0.3, 0.4) is 0 Å². The summed E-state index contributed by atoms with van der Waals surface area (Å²) in [5.74, 6) is 0. The molecular weight excluding hydrogens is 1550 g/mol. The molecule has 4 heteroatoms. The molecule has 4 spiro atoms. The maximum Gasteiger partial charge on any atom is 0.0720 e. The fourth-order valence-corrected chi connectivity index (χ4v) is 25.4. The highest BCUT2D eigenvalue weighted by molar-refractivity contribution is 6.19. The van der Waals surface area contributed by atoms with Crippen LogP contribution in [0.1, 0.15) is 89.0 Å². The van der Waals surface area contributed by atoms with E-state index in [1.165, 1.54) is 199 Å². The summed E-state index contributed by atoms with van der Waals surface area (Å²) in [7, 11) is 0. The summed E-state index contributed by atoms with van der Waals surface area (Å²) in [5.41, 5.74) is 44.1. The Kier molecular flexibility index (Phi) is 14.8. The Hall–Kier alpha value is -16.4. The number of aromatic nitrogens is 3. The van der Waals surface area contributed by atoms with Crippen molar-refractivity contribution in [3.05, 3.63) is 562 Å². The summed E-state index contributed by atoms with van der Waals surface area (Å²) in [4.78, 5) is 2.33. The van der Waals surface area contributed by atoms with Crippen molar-refractivity contribution in [1.82, 2.24) is 13.7 Å². The SMILES string of the molecule is c1ccc(-n2c3ccccc3c3cc(-n4c5ccccc5c5ccc6c(c54)-c4ccccc4C64c5ccccc5C5(c6ccccc6-c6ccccc65)c5ccccc54)ccc32)cc1.c1ccc(N(c2ccccc2)c2ccc(-n3c4ccccc4c4ccc5c(c43)-c3ccccc3C53c4ccccc4C4(c5ccccc5-c5ccccc54)c4ccccc43)cc2)cc1. The van der Waals surface area contributed by atoms with Gasteiger partial charge < -0.3 is 18.6 Å². The molecule has 0 N–H and O–H groups in total. The first-order chi connectivity index (χ1) is 63.6. The lowest BCUT2D eigenvalue weighted by Crippen LogP contribution is -2.43. The fourth-order valence-electron chi connectivity index (χ4n) is 25.4. The minimum Gasteiger partial charge on any atom is -0.311 e. The third-order valence-electron chi connectivity index (χ3n) is 29.9. The van der Waals surface area contributed by atoms with Crippen LogP contribution in [0.15, 0.2) is 473 Å². The zero-order valence-corrected chi connectivity index (χ0v) is 69.8. The van der Waals surface area contributed by atoms with Gasteiger partial charge in [-0.2, -0.15) is 0 Å². The quantitative estimate of drug-likeness (QED) is 0.162. The van der Waals surface area contributed by atoms with Crippen molar-refractivity contribution < 1.29 is 0 Å². The Bertz CT molecular complexity index is 8420. The molecule has 0 radical (unpaired) electrons. The molecule has 3 aromatic heterocycles. The van der Waals surface area contributed by atoms with E-state index >= 15 is 0 Å². The van der Waals surface area contributed by atoms with E-state index in [9.17, 15) is 0 Å². The average molecular weight is 1620 g/mol. The van der Waals surface area contributed by atoms with Crippen molar-refractivity contribution in [2.45, 2.75) is 21.7 Å². The van der Waals surface area contributed by atoms with E-state index in [1.807, 2.05) is 0 Å². The normalized spacial score (nSPS) is 14.3. The summed E-state index contributed by atoms with van der Waals surface area (Å²) in [6, 6.07) is 178. The second-order valence-corrected chi connectivity index (χ2v) is 35.3. The number of anilines is 3. The third-order valence-corrected chi connectivity index (χ3v) is 29.9. The van der Waals surface area contributed by atoms with Crippen molar-refractivity contribution in [2.24, 2.45) is 0 Å². The standard InChI is InChI=1S/C62H38N2.C62H40N2/c1-2-18-39(19-3-1)63-56-32-16-8-23-44(56)47-38-40(34-37-58(47)63)64-57-33-17-7-22-43(57)45-35-36-55-59(60(45)64)46-24-6-11-27-50(46)62(55)53-30-14-12-28-51(53)61(52-29-13-15-31-54(52)62)48-25-9-4-20-41(48)42-21-5-10-26-49(42)61;1-3-19-41(20-4-1)63(42-21-5-2-6-22-42)43-35-37-44(38-36-43)64-58-34-18-10-25-47(58)48-39-40-57-59(60(48)64)49-26-9-13-29-52(49)62(57)55-32-16-14-30-53(55)61(54-31-15-17-33-56(54)62)50-27-11-7-23-45(50)46-24-8-12-28-51(46)61/h1-38H;1-40H. The van der Waals surface area contributed by atoms with Crippen LogP contribution < -0.4 is 4.90 Å². The predicted octanol–water partition coefficient (Wildman–Crippen LogP) is 30.2. The summed E-state index contributed by atoms with van der Waals surface area (Å²) in [6.45, 7) is 0. The van der Waals surface area contributed by atoms with Gasteiger partial charge in [0.15, 0.2) is 0 Å². The van der Waals surface area contributed by atoms with Crippen molar-refractivity contribution in [1.29, 1.82) is 0 Å². The van der Waals surface area contributed by atoms with Gasteiger partial charge in [0.2, 0.25) is 0 Å². The number of fused-ring (bicyclic) bond motifs is 43. The van der Waals surface area contributed by atoms with E-state index in [-0.39, 0.29) is 0 Å². The van der Waals surface area contributed by atoms with Gasteiger partial charge in [0.25, 0.3) is 0 Å². The molecule has 0 fully saturated rings. The molecule has 23 aromatic rings. The molecule has 6 aliphatic carbocycles. The summed E-state index contributed by atoms with van der Waals surface area (Å²) >= 11 is 0. The van der Waals surface area contributed by atoms with Gasteiger partial charge >= 0.3 is 0 Å². The van der Waals surface area contributed by atoms with Crippen molar-refractivity contribution >= 4 is 82.5 Å². The summed E-state index contributed by atoms with van der Waals surface area (Å²) < 4.78 is 7.51. The van der Waals surface area contributed by atoms with Crippen molar-refractivity contribution in [2.75, 3.05) is 4.90 Å². The van der Waals surface area contributed by atoms with E-state index in [0.29, 0.717) is 0 Å². The first-order valence-corrected chi connectivity index (χ1v) is 44.8. The van der Waals surface area contributed by atoms with Gasteiger partial charge in [-0.05, 0) is 219 Å². The molecule has 0 atom stereocenters. The lowest BCUT2D eigenvalue weighted by molar-refractivity contribution is 0.633. The van der Waals surface area contributed by atoms with Gasteiger partial charge in [-0.25, -0.2) is 0 Å². The predicted molar refractivity (Wildman–Crippen MR) is 527 cm³/mol. The van der Waals surface area contributed by atoms with E-state index in [4.69, 9.17) is 0 Å². The van der Waals surface area contributed by atoms with E-state index in [0.717, 1.165) is 34.1 Å². The van der Waals surface area contributed by atoms with Crippen LogP contribution in [0.2, 0.25) is 0 Å². The first-order valence-electron chi connectivity index (χ1n) is 44.8. The second-order valence-electron chi connectivity index (χ2n) is 35.3. The zero-order chi connectivity index (χ0) is 83.7. The number of nitrogens with zero attached hydrogens (tertiary/aromatic N) is 4. The van der Waals surface area contributed by atoms with Gasteiger partial charge in [-0.3, -0.25) is 0 Å². The number of rotatable bonds is 6. The van der Waals surface area contributed by atoms with Crippen LogP contribution in [0.5, 0.6) is 0 Å². The Morgan fingerprint density at radius 1 is 0.148 bits per heavy atom. The molecule has 20 aromatic carbocycles. The minimum atomic E-state index is -0.570. The molecule has 0 amide bonds. The largest absolute Gasteiger partial charge is 0.311 e. The highest BCUT2D eigenvalue weighted by Crippen LogP contribution is 2.71. The Balaban J connectivity index is 0.000000129. The minimum absolute atomic E-state index is 0.475. The molecule has 6 aliphatic rings. The second kappa shape index (κ2) is 26.6. The monoisotopic (exact) mass is 1620 g/mol. The smallest absolute Gasteiger partial charge is 0.0720 e. The molecule has 29 rings (SSSR count). The van der Waals surface area contributed by atoms with Crippen LogP contribution in [-0.4, -0.2) is 13.7 Å². The molecule has 0 unspecified atom stereocenters. The van der Waals surface area contributed by atoms with Crippen molar-refractivity contribution in [3.63, 3.8) is 0 Å². The average Bonchev–Trinajstić information content (AvgIpc) is 1.49. The van der Waals surface area contributed by atoms with Crippen LogP contribution in [0, 0.1) is 0 Å². The highest BCUT2D eigenvalue weighted by Gasteiger charge is 2.62. The molecule has 0 saturated carbocycles. The molecule has 0 aliphatic heterocycles. The highest BCUT2D eigenvalue weighted by atomic mass is 15.1. The first kappa shape index (κ1) is 71.1. The lowest BCUT2D eigenvalue weighted by atomic mass is 9.52. The number of para-hydroxylation sites is 6. The molecular formula is C124H78N4. The van der Waals surface area contributed by atoms with Gasteiger partial charge in [-0.15, -0.1) is 0 Å². The van der Waals surface area contributed by atoms with Crippen LogP contribution in [0.4, 0.5) is 17.1 Å². The Labute approximate surface area is 741 Å². The van der Waals surface area contributed by atoms with Gasteiger partial charge in [-0.1, -0.05) is 376 Å². The summed E-state index contributed by atoms with van der Waals surface area (Å²) in [6.07, 6.45) is 0. The van der Waals surface area contributed by atoms with Gasteiger partial charge in [0.05, 0.1) is 54.8 Å². The maximum absolute atomic E-state index is 2.57. The van der Waals surface area contributed by atoms with Gasteiger partial charge in [0, 0.05) is 77.6 Å². The molecule has 0 bridgehead atoms. The van der Waals surface area contributed by atoms with E-state index in [2.05, 4.69) is 492 Å². The molecule has 3 heterocycles. The number of hydrogen-bond acceptors (Lipinski definition) is 1. The Morgan fingerprint density at radius 3 is 0.773 bits per heavy atom. The van der Waals surface area contributed by atoms with E-state index in [1.54, 1.807) is 0 Å². The fraction of sp³-hybridized carbons (Fsp3) is 0.0323. The topological polar surface area (TPSA) is 18.0 Å². The number of benzene rings is 20. The number of hydrogen-bond donors (Lipinski definition) is 0.